The molecule has 0 unspecified atom stereocenters. The third-order valence-corrected chi connectivity index (χ3v) is 4.54. The van der Waals surface area contributed by atoms with E-state index in [9.17, 15) is 4.79 Å². The molecular weight excluding hydrogens is 306 g/mol. The van der Waals surface area contributed by atoms with Gasteiger partial charge in [-0.15, -0.1) is 10.2 Å². The number of nitrogens with zero attached hydrogens (tertiary/aromatic N) is 2. The van der Waals surface area contributed by atoms with Crippen LogP contribution in [-0.4, -0.2) is 29.0 Å². The van der Waals surface area contributed by atoms with Gasteiger partial charge >= 0.3 is 0 Å². The predicted octanol–water partition coefficient (Wildman–Crippen LogP) is 3.37. The highest BCUT2D eigenvalue weighted by atomic mass is 32.2. The van der Waals surface area contributed by atoms with Crippen molar-refractivity contribution in [1.82, 2.24) is 10.2 Å². The summed E-state index contributed by atoms with van der Waals surface area (Å²) in [7, 11) is 0. The fraction of sp³-hybridized carbons (Fsp3) is 0.357. The summed E-state index contributed by atoms with van der Waals surface area (Å²) in [6, 6.07) is 7.84. The number of anilines is 1. The first-order valence-electron chi connectivity index (χ1n) is 6.55. The number of aromatic nitrogens is 2. The lowest BCUT2D eigenvalue weighted by Gasteiger charge is -2.08. The Kier molecular flexibility index (Phi) is 6.01. The van der Waals surface area contributed by atoms with Crippen molar-refractivity contribution >= 4 is 34.1 Å². The van der Waals surface area contributed by atoms with Gasteiger partial charge in [0.1, 0.15) is 5.75 Å². The molecule has 1 heterocycles. The van der Waals surface area contributed by atoms with Crippen molar-refractivity contribution in [2.75, 3.05) is 18.2 Å². The van der Waals surface area contributed by atoms with Crippen molar-refractivity contribution in [1.29, 1.82) is 0 Å². The van der Waals surface area contributed by atoms with Crippen LogP contribution in [0.2, 0.25) is 0 Å². The van der Waals surface area contributed by atoms with E-state index in [0.29, 0.717) is 24.6 Å². The smallest absolute Gasteiger partial charge is 0.226 e. The van der Waals surface area contributed by atoms with Crippen LogP contribution < -0.4 is 10.1 Å². The highest BCUT2D eigenvalue weighted by Crippen LogP contribution is 2.23. The van der Waals surface area contributed by atoms with Crippen LogP contribution in [0.3, 0.4) is 0 Å². The lowest BCUT2D eigenvalue weighted by Crippen LogP contribution is -2.12. The summed E-state index contributed by atoms with van der Waals surface area (Å²) in [6.07, 6.45) is 2.99. The predicted molar refractivity (Wildman–Crippen MR) is 86.2 cm³/mol. The molecule has 0 spiro atoms. The molecule has 0 fully saturated rings. The van der Waals surface area contributed by atoms with Crippen LogP contribution in [0.1, 0.15) is 18.4 Å². The average Bonchev–Trinajstić information content (AvgIpc) is 2.93. The Bertz CT molecular complexity index is 601. The van der Waals surface area contributed by atoms with Crippen LogP contribution in [-0.2, 0) is 4.79 Å². The summed E-state index contributed by atoms with van der Waals surface area (Å²) in [5.41, 5.74) is 1.10. The number of hydrogen-bond donors (Lipinski definition) is 1. The maximum absolute atomic E-state index is 11.8. The van der Waals surface area contributed by atoms with E-state index in [1.165, 1.54) is 23.1 Å². The van der Waals surface area contributed by atoms with Crippen molar-refractivity contribution in [2.24, 2.45) is 0 Å². The van der Waals surface area contributed by atoms with Crippen LogP contribution in [0.4, 0.5) is 5.13 Å². The van der Waals surface area contributed by atoms with E-state index in [4.69, 9.17) is 4.74 Å². The quantitative estimate of drug-likeness (QED) is 0.481. The van der Waals surface area contributed by atoms with E-state index in [1.54, 1.807) is 0 Å². The molecule has 0 aliphatic rings. The van der Waals surface area contributed by atoms with Crippen molar-refractivity contribution in [3.8, 4) is 5.75 Å². The minimum atomic E-state index is -0.0628. The van der Waals surface area contributed by atoms with E-state index in [-0.39, 0.29) is 5.91 Å². The zero-order valence-electron chi connectivity index (χ0n) is 12.0. The van der Waals surface area contributed by atoms with Crippen molar-refractivity contribution in [2.45, 2.75) is 24.1 Å². The summed E-state index contributed by atoms with van der Waals surface area (Å²) < 4.78 is 6.49. The second-order valence-corrected chi connectivity index (χ2v) is 6.37. The molecule has 0 saturated heterocycles. The van der Waals surface area contributed by atoms with E-state index < -0.39 is 0 Å². The number of thioether (sulfide) groups is 1. The molecular formula is C14H17N3O2S2. The van der Waals surface area contributed by atoms with Crippen LogP contribution >= 0.6 is 23.1 Å². The van der Waals surface area contributed by atoms with Crippen LogP contribution in [0.15, 0.2) is 28.6 Å². The van der Waals surface area contributed by atoms with Crippen LogP contribution in [0.25, 0.3) is 0 Å². The Morgan fingerprint density at radius 1 is 1.38 bits per heavy atom. The molecule has 0 saturated carbocycles. The van der Waals surface area contributed by atoms with Gasteiger partial charge in [0.25, 0.3) is 0 Å². The van der Waals surface area contributed by atoms with Gasteiger partial charge in [0.05, 0.1) is 6.61 Å². The maximum atomic E-state index is 11.8. The molecule has 1 N–H and O–H groups in total. The third kappa shape index (κ3) is 5.02. The first-order valence-corrected chi connectivity index (χ1v) is 8.59. The lowest BCUT2D eigenvalue weighted by atomic mass is 10.2. The second kappa shape index (κ2) is 7.99. The highest BCUT2D eigenvalue weighted by Gasteiger charge is 2.07. The molecule has 21 heavy (non-hydrogen) atoms. The Morgan fingerprint density at radius 3 is 2.90 bits per heavy atom. The van der Waals surface area contributed by atoms with Crippen LogP contribution in [0, 0.1) is 6.92 Å². The van der Waals surface area contributed by atoms with Gasteiger partial charge in [-0.2, -0.15) is 0 Å². The van der Waals surface area contributed by atoms with E-state index in [1.807, 2.05) is 37.4 Å². The number of hydrogen-bond acceptors (Lipinski definition) is 6. The summed E-state index contributed by atoms with van der Waals surface area (Å²) in [6.45, 7) is 2.52. The first kappa shape index (κ1) is 15.8. The molecule has 0 radical (unpaired) electrons. The molecule has 2 aromatic rings. The van der Waals surface area contributed by atoms with Gasteiger partial charge in [-0.05, 0) is 31.2 Å². The summed E-state index contributed by atoms with van der Waals surface area (Å²) in [4.78, 5) is 11.8. The number of amides is 1. The zero-order chi connectivity index (χ0) is 15.1. The lowest BCUT2D eigenvalue weighted by molar-refractivity contribution is -0.116. The molecule has 0 aliphatic heterocycles. The van der Waals surface area contributed by atoms with E-state index in [0.717, 1.165) is 15.7 Å². The second-order valence-electron chi connectivity index (χ2n) is 4.34. The molecule has 1 aromatic carbocycles. The molecule has 0 aliphatic carbocycles. The standard InChI is InChI=1S/C14H17N3O2S2/c1-10-6-3-4-7-11(10)19-9-5-8-12(18)15-13-16-17-14(20-2)21-13/h3-4,6-7H,5,8-9H2,1-2H3,(H,15,16,18). The SMILES string of the molecule is CSc1nnc(NC(=O)CCCOc2ccccc2C)s1. The number of benzene rings is 1. The van der Waals surface area contributed by atoms with Gasteiger partial charge in [0, 0.05) is 6.42 Å². The molecule has 2 rings (SSSR count). The number of carbonyl (C=O) groups is 1. The number of carbonyl (C=O) groups excluding carboxylic acids is 1. The highest BCUT2D eigenvalue weighted by molar-refractivity contribution is 8.00. The van der Waals surface area contributed by atoms with E-state index >= 15 is 0 Å². The fourth-order valence-corrected chi connectivity index (χ4v) is 2.84. The summed E-state index contributed by atoms with van der Waals surface area (Å²) in [5.74, 6) is 0.804. The van der Waals surface area contributed by atoms with Gasteiger partial charge in [0.2, 0.25) is 11.0 Å². The van der Waals surface area contributed by atoms with Crippen molar-refractivity contribution in [3.63, 3.8) is 0 Å². The van der Waals surface area contributed by atoms with Gasteiger partial charge < -0.3 is 10.1 Å². The molecule has 112 valence electrons. The number of rotatable bonds is 7. The average molecular weight is 323 g/mol. The number of para-hydroxylation sites is 1. The summed E-state index contributed by atoms with van der Waals surface area (Å²) >= 11 is 2.89. The largest absolute Gasteiger partial charge is 0.493 e. The van der Waals surface area contributed by atoms with Crippen molar-refractivity contribution < 1.29 is 9.53 Å². The number of nitrogens with one attached hydrogen (secondary N) is 1. The maximum Gasteiger partial charge on any atom is 0.226 e. The van der Waals surface area contributed by atoms with Crippen molar-refractivity contribution in [3.05, 3.63) is 29.8 Å². The van der Waals surface area contributed by atoms with Crippen LogP contribution in [0.5, 0.6) is 5.75 Å². The van der Waals surface area contributed by atoms with Gasteiger partial charge in [0.15, 0.2) is 4.34 Å². The van der Waals surface area contributed by atoms with Gasteiger partial charge in [-0.3, -0.25) is 4.79 Å². The topological polar surface area (TPSA) is 64.1 Å². The fourth-order valence-electron chi connectivity index (χ4n) is 1.66. The minimum absolute atomic E-state index is 0.0628. The zero-order valence-corrected chi connectivity index (χ0v) is 13.6. The summed E-state index contributed by atoms with van der Waals surface area (Å²) in [5, 5.41) is 11.1. The molecule has 7 heteroatoms. The Morgan fingerprint density at radius 2 is 2.19 bits per heavy atom. The Labute approximate surface area is 132 Å². The monoisotopic (exact) mass is 323 g/mol. The molecule has 0 bridgehead atoms. The third-order valence-electron chi connectivity index (χ3n) is 2.73. The first-order chi connectivity index (χ1) is 10.2. The normalized spacial score (nSPS) is 10.4. The Balaban J connectivity index is 1.69. The van der Waals surface area contributed by atoms with Gasteiger partial charge in [-0.1, -0.05) is 41.3 Å². The number of aryl methyl sites for hydroxylation is 1. The number of ether oxygens (including phenoxy) is 1. The molecule has 0 atom stereocenters. The molecule has 1 amide bonds. The molecule has 1 aromatic heterocycles. The Hall–Kier alpha value is -1.60. The molecule has 5 nitrogen and oxygen atoms in total. The minimum Gasteiger partial charge on any atom is -0.493 e. The van der Waals surface area contributed by atoms with Gasteiger partial charge in [-0.25, -0.2) is 0 Å². The van der Waals surface area contributed by atoms with E-state index in [2.05, 4.69) is 15.5 Å².